The van der Waals surface area contributed by atoms with E-state index in [1.54, 1.807) is 4.90 Å². The van der Waals surface area contributed by atoms with Gasteiger partial charge in [-0.15, -0.1) is 0 Å². The second kappa shape index (κ2) is 8.84. The lowest BCUT2D eigenvalue weighted by Crippen LogP contribution is -2.57. The number of nitrogens with one attached hydrogen (secondary N) is 1. The average Bonchev–Trinajstić information content (AvgIpc) is 2.66. The zero-order chi connectivity index (χ0) is 20.1. The molecule has 150 valence electrons. The van der Waals surface area contributed by atoms with Crippen LogP contribution >= 0.6 is 0 Å². The van der Waals surface area contributed by atoms with E-state index in [9.17, 15) is 9.90 Å². The number of aliphatic hydroxyl groups is 1. The van der Waals surface area contributed by atoms with Gasteiger partial charge in [0.15, 0.2) is 5.60 Å². The van der Waals surface area contributed by atoms with Crippen LogP contribution in [0.1, 0.15) is 55.1 Å². The van der Waals surface area contributed by atoms with E-state index < -0.39 is 5.60 Å². The smallest absolute Gasteiger partial charge is 0.256 e. The molecule has 1 aliphatic rings. The number of carbonyl (C=O) groups excluding carboxylic acids is 1. The van der Waals surface area contributed by atoms with E-state index in [1.165, 1.54) is 5.56 Å². The van der Waals surface area contributed by atoms with Crippen LogP contribution in [0.2, 0.25) is 0 Å². The zero-order valence-corrected chi connectivity index (χ0v) is 17.1. The van der Waals surface area contributed by atoms with Gasteiger partial charge in [0.25, 0.3) is 5.91 Å². The molecular formula is C23H31N3O2. The van der Waals surface area contributed by atoms with E-state index in [-0.39, 0.29) is 12.5 Å². The molecule has 0 unspecified atom stereocenters. The Hall–Kier alpha value is -2.24. The van der Waals surface area contributed by atoms with E-state index in [1.807, 2.05) is 25.1 Å². The van der Waals surface area contributed by atoms with Crippen LogP contribution in [0.15, 0.2) is 42.5 Å². The minimum absolute atomic E-state index is 0.184. The Morgan fingerprint density at radius 2 is 1.96 bits per heavy atom. The molecule has 5 heteroatoms. The van der Waals surface area contributed by atoms with E-state index in [0.717, 1.165) is 23.4 Å². The third kappa shape index (κ3) is 4.97. The van der Waals surface area contributed by atoms with Gasteiger partial charge in [0.05, 0.1) is 5.69 Å². The topological polar surface area (TPSA) is 65.5 Å². The predicted molar refractivity (Wildman–Crippen MR) is 111 cm³/mol. The lowest BCUT2D eigenvalue weighted by molar-refractivity contribution is -0.157. The quantitative estimate of drug-likeness (QED) is 0.773. The van der Waals surface area contributed by atoms with Gasteiger partial charge in [0.1, 0.15) is 0 Å². The molecular weight excluding hydrogens is 350 g/mol. The average molecular weight is 382 g/mol. The van der Waals surface area contributed by atoms with Crippen molar-refractivity contribution in [3.8, 4) is 0 Å². The van der Waals surface area contributed by atoms with Crippen LogP contribution < -0.4 is 5.32 Å². The van der Waals surface area contributed by atoms with Gasteiger partial charge in [-0.05, 0) is 48.9 Å². The van der Waals surface area contributed by atoms with Crippen molar-refractivity contribution in [2.75, 3.05) is 13.1 Å². The highest BCUT2D eigenvalue weighted by molar-refractivity contribution is 5.86. The Labute approximate surface area is 167 Å². The Balaban J connectivity index is 1.58. The monoisotopic (exact) mass is 381 g/mol. The number of carbonyl (C=O) groups is 1. The first-order chi connectivity index (χ1) is 13.4. The molecule has 1 amide bonds. The SMILES string of the molecule is Cc1cccc(CNC[C@]2(O)CCCN(Cc3ccc(C(C)C)cc3)C2=O)n1. The highest BCUT2D eigenvalue weighted by Crippen LogP contribution is 2.24. The summed E-state index contributed by atoms with van der Waals surface area (Å²) in [5.74, 6) is 0.307. The van der Waals surface area contributed by atoms with Crippen LogP contribution in [0.3, 0.4) is 0 Å². The maximum atomic E-state index is 12.9. The molecule has 5 nitrogen and oxygen atoms in total. The molecule has 1 fully saturated rings. The first-order valence-electron chi connectivity index (χ1n) is 10.1. The first kappa shape index (κ1) is 20.5. The fourth-order valence-corrected chi connectivity index (χ4v) is 3.70. The number of nitrogens with zero attached hydrogens (tertiary/aromatic N) is 2. The fraction of sp³-hybridized carbons (Fsp3) is 0.478. The molecule has 0 aliphatic carbocycles. The van der Waals surface area contributed by atoms with Crippen molar-refractivity contribution in [3.05, 3.63) is 65.0 Å². The molecule has 0 saturated carbocycles. The number of likely N-dealkylation sites (tertiary alicyclic amines) is 1. The molecule has 2 N–H and O–H groups in total. The van der Waals surface area contributed by atoms with Gasteiger partial charge in [-0.25, -0.2) is 0 Å². The Morgan fingerprint density at radius 1 is 1.21 bits per heavy atom. The molecule has 1 atom stereocenters. The first-order valence-corrected chi connectivity index (χ1v) is 10.1. The summed E-state index contributed by atoms with van der Waals surface area (Å²) in [6.45, 7) is 8.29. The van der Waals surface area contributed by atoms with Crippen LogP contribution in [0.25, 0.3) is 0 Å². The summed E-state index contributed by atoms with van der Waals surface area (Å²) in [5, 5.41) is 14.2. The minimum Gasteiger partial charge on any atom is -0.379 e. The number of benzene rings is 1. The van der Waals surface area contributed by atoms with Crippen molar-refractivity contribution in [2.45, 2.75) is 58.2 Å². The summed E-state index contributed by atoms with van der Waals surface area (Å²) in [7, 11) is 0. The van der Waals surface area contributed by atoms with Crippen molar-refractivity contribution < 1.29 is 9.90 Å². The maximum Gasteiger partial charge on any atom is 0.256 e. The zero-order valence-electron chi connectivity index (χ0n) is 17.1. The number of aryl methyl sites for hydroxylation is 1. The second-order valence-corrected chi connectivity index (χ2v) is 8.13. The molecule has 2 aromatic rings. The van der Waals surface area contributed by atoms with Gasteiger partial charge >= 0.3 is 0 Å². The largest absolute Gasteiger partial charge is 0.379 e. The molecule has 3 rings (SSSR count). The van der Waals surface area contributed by atoms with E-state index in [0.29, 0.717) is 32.0 Å². The van der Waals surface area contributed by atoms with Crippen LogP contribution in [0.4, 0.5) is 0 Å². The predicted octanol–water partition coefficient (Wildman–Crippen LogP) is 3.16. The van der Waals surface area contributed by atoms with Crippen molar-refractivity contribution in [1.82, 2.24) is 15.2 Å². The van der Waals surface area contributed by atoms with Crippen molar-refractivity contribution >= 4 is 5.91 Å². The third-order valence-corrected chi connectivity index (χ3v) is 5.39. The summed E-state index contributed by atoms with van der Waals surface area (Å²) in [5.41, 5.74) is 2.91. The number of pyridine rings is 1. The van der Waals surface area contributed by atoms with Crippen molar-refractivity contribution in [2.24, 2.45) is 0 Å². The van der Waals surface area contributed by atoms with Gasteiger partial charge < -0.3 is 15.3 Å². The molecule has 0 spiro atoms. The lowest BCUT2D eigenvalue weighted by Gasteiger charge is -2.38. The second-order valence-electron chi connectivity index (χ2n) is 8.13. The summed E-state index contributed by atoms with van der Waals surface area (Å²) < 4.78 is 0. The molecule has 1 saturated heterocycles. The van der Waals surface area contributed by atoms with E-state index in [4.69, 9.17) is 0 Å². The molecule has 1 aromatic carbocycles. The number of aromatic nitrogens is 1. The molecule has 0 radical (unpaired) electrons. The normalized spacial score (nSPS) is 20.0. The van der Waals surface area contributed by atoms with Crippen molar-refractivity contribution in [3.63, 3.8) is 0 Å². The molecule has 28 heavy (non-hydrogen) atoms. The van der Waals surface area contributed by atoms with E-state index in [2.05, 4.69) is 48.4 Å². The minimum atomic E-state index is -1.35. The van der Waals surface area contributed by atoms with Crippen molar-refractivity contribution in [1.29, 1.82) is 0 Å². The number of hydrogen-bond donors (Lipinski definition) is 2. The van der Waals surface area contributed by atoms with Gasteiger partial charge in [0.2, 0.25) is 0 Å². The summed E-state index contributed by atoms with van der Waals surface area (Å²) in [4.78, 5) is 19.2. The lowest BCUT2D eigenvalue weighted by atomic mass is 9.91. The highest BCUT2D eigenvalue weighted by Gasteiger charge is 2.41. The summed E-state index contributed by atoms with van der Waals surface area (Å²) in [6.07, 6.45) is 1.29. The standard InChI is InChI=1S/C23H31N3O2/c1-17(2)20-10-8-19(9-11-20)15-26-13-5-12-23(28,22(26)27)16-24-14-21-7-4-6-18(3)25-21/h4,6-11,17,24,28H,5,12-16H2,1-3H3/t23-/m1/s1. The number of rotatable bonds is 7. The van der Waals surface area contributed by atoms with Gasteiger partial charge in [-0.3, -0.25) is 9.78 Å². The van der Waals surface area contributed by atoms with Crippen LogP contribution in [-0.4, -0.2) is 39.6 Å². The van der Waals surface area contributed by atoms with Gasteiger partial charge in [0, 0.05) is 31.9 Å². The Kier molecular flexibility index (Phi) is 6.47. The van der Waals surface area contributed by atoms with Crippen LogP contribution in [-0.2, 0) is 17.9 Å². The van der Waals surface area contributed by atoms with E-state index >= 15 is 0 Å². The summed E-state index contributed by atoms with van der Waals surface area (Å²) >= 11 is 0. The van der Waals surface area contributed by atoms with Crippen LogP contribution in [0, 0.1) is 6.92 Å². The fourth-order valence-electron chi connectivity index (χ4n) is 3.70. The van der Waals surface area contributed by atoms with Gasteiger partial charge in [-0.2, -0.15) is 0 Å². The Bertz CT molecular complexity index is 804. The number of piperidine rings is 1. The Morgan fingerprint density at radius 3 is 2.64 bits per heavy atom. The maximum absolute atomic E-state index is 12.9. The van der Waals surface area contributed by atoms with Crippen LogP contribution in [0.5, 0.6) is 0 Å². The van der Waals surface area contributed by atoms with Gasteiger partial charge in [-0.1, -0.05) is 44.2 Å². The molecule has 1 aliphatic heterocycles. The molecule has 1 aromatic heterocycles. The third-order valence-electron chi connectivity index (χ3n) is 5.39. The summed E-state index contributed by atoms with van der Waals surface area (Å²) in [6, 6.07) is 14.3. The highest BCUT2D eigenvalue weighted by atomic mass is 16.3. The number of hydrogen-bond acceptors (Lipinski definition) is 4. The molecule has 2 heterocycles. The number of amides is 1. The molecule has 0 bridgehead atoms.